The van der Waals surface area contributed by atoms with Crippen LogP contribution in [0.1, 0.15) is 10.4 Å². The maximum absolute atomic E-state index is 12.4. The average molecular weight is 476 g/mol. The van der Waals surface area contributed by atoms with Gasteiger partial charge in [-0.3, -0.25) is 4.79 Å². The summed E-state index contributed by atoms with van der Waals surface area (Å²) in [5.74, 6) is 0.570. The highest BCUT2D eigenvalue weighted by Gasteiger charge is 2.12. The molecule has 6 nitrogen and oxygen atoms in total. The van der Waals surface area contributed by atoms with Gasteiger partial charge in [-0.1, -0.05) is 34.1 Å². The van der Waals surface area contributed by atoms with E-state index in [4.69, 9.17) is 5.10 Å². The van der Waals surface area contributed by atoms with Crippen molar-refractivity contribution in [3.63, 3.8) is 0 Å². The number of hydrogen-bond donors (Lipinski definition) is 1. The summed E-state index contributed by atoms with van der Waals surface area (Å²) in [5.41, 5.74) is 3.75. The van der Waals surface area contributed by atoms with Crippen LogP contribution in [-0.2, 0) is 0 Å². The largest absolute Gasteiger partial charge is 0.322 e. The summed E-state index contributed by atoms with van der Waals surface area (Å²) in [4.78, 5) is 13.4. The van der Waals surface area contributed by atoms with Crippen LogP contribution in [0.3, 0.4) is 0 Å². The van der Waals surface area contributed by atoms with Crippen LogP contribution in [0.25, 0.3) is 27.6 Å². The fraction of sp³-hybridized carbons (Fsp3) is 0. The number of rotatable bonds is 4. The average Bonchev–Trinajstić information content (AvgIpc) is 3.44. The quantitative estimate of drug-likeness (QED) is 0.370. The van der Waals surface area contributed by atoms with Crippen LogP contribution < -0.4 is 5.32 Å². The highest BCUT2D eigenvalue weighted by Crippen LogP contribution is 2.25. The lowest BCUT2D eigenvalue weighted by atomic mass is 10.1. The molecule has 1 amide bonds. The summed E-state index contributed by atoms with van der Waals surface area (Å²) in [6.45, 7) is 0. The van der Waals surface area contributed by atoms with Crippen LogP contribution in [0.4, 0.5) is 5.69 Å². The number of amides is 1. The van der Waals surface area contributed by atoms with E-state index in [1.165, 1.54) is 0 Å². The molecule has 2 aromatic carbocycles. The Kier molecular flexibility index (Phi) is 4.86. The first-order chi connectivity index (χ1) is 14.7. The van der Waals surface area contributed by atoms with Gasteiger partial charge < -0.3 is 5.32 Å². The molecular formula is C22H14BrN5OS. The molecule has 1 N–H and O–H groups in total. The second kappa shape index (κ2) is 7.81. The zero-order chi connectivity index (χ0) is 20.5. The summed E-state index contributed by atoms with van der Waals surface area (Å²) < 4.78 is 2.69. The summed E-state index contributed by atoms with van der Waals surface area (Å²) >= 11 is 4.97. The minimum absolute atomic E-state index is 0.153. The lowest BCUT2D eigenvalue weighted by molar-refractivity contribution is 0.102. The molecule has 8 heteroatoms. The van der Waals surface area contributed by atoms with Crippen LogP contribution in [0.15, 0.2) is 82.6 Å². The van der Waals surface area contributed by atoms with Gasteiger partial charge in [0.15, 0.2) is 11.5 Å². The molecule has 0 aliphatic rings. The maximum Gasteiger partial charge on any atom is 0.255 e. The number of fused-ring (bicyclic) bond motifs is 1. The number of nitrogens with zero attached hydrogens (tertiary/aromatic N) is 4. The fourth-order valence-electron chi connectivity index (χ4n) is 3.03. The third-order valence-electron chi connectivity index (χ3n) is 4.55. The topological polar surface area (TPSA) is 72.2 Å². The van der Waals surface area contributed by atoms with Gasteiger partial charge in [0.2, 0.25) is 0 Å². The summed E-state index contributed by atoms with van der Waals surface area (Å²) in [5, 5.41) is 18.1. The van der Waals surface area contributed by atoms with Crippen LogP contribution in [-0.4, -0.2) is 25.7 Å². The van der Waals surface area contributed by atoms with Gasteiger partial charge in [0, 0.05) is 21.3 Å². The molecule has 3 aromatic heterocycles. The number of nitrogens with one attached hydrogen (secondary N) is 1. The first-order valence-electron chi connectivity index (χ1n) is 9.11. The number of benzene rings is 2. The van der Waals surface area contributed by atoms with Gasteiger partial charge in [0.25, 0.3) is 5.91 Å². The van der Waals surface area contributed by atoms with Gasteiger partial charge in [-0.05, 0) is 60.0 Å². The molecule has 3 heterocycles. The number of halogens is 1. The molecular weight excluding hydrogens is 462 g/mol. The summed E-state index contributed by atoms with van der Waals surface area (Å²) in [6, 6.07) is 22.6. The van der Waals surface area contributed by atoms with Crippen molar-refractivity contribution >= 4 is 44.5 Å². The Morgan fingerprint density at radius 3 is 2.47 bits per heavy atom. The van der Waals surface area contributed by atoms with Crippen LogP contribution >= 0.6 is 27.3 Å². The normalized spacial score (nSPS) is 11.0. The highest BCUT2D eigenvalue weighted by molar-refractivity contribution is 9.10. The van der Waals surface area contributed by atoms with Crippen molar-refractivity contribution < 1.29 is 4.79 Å². The molecule has 5 aromatic rings. The molecule has 146 valence electrons. The Labute approximate surface area is 184 Å². The maximum atomic E-state index is 12.4. The smallest absolute Gasteiger partial charge is 0.255 e. The van der Waals surface area contributed by atoms with Crippen LogP contribution in [0.2, 0.25) is 0 Å². The minimum atomic E-state index is -0.153. The molecule has 30 heavy (non-hydrogen) atoms. The van der Waals surface area contributed by atoms with Crippen molar-refractivity contribution in [2.24, 2.45) is 0 Å². The minimum Gasteiger partial charge on any atom is -0.322 e. The van der Waals surface area contributed by atoms with Crippen LogP contribution in [0, 0.1) is 0 Å². The van der Waals surface area contributed by atoms with Gasteiger partial charge in [0.1, 0.15) is 0 Å². The Bertz CT molecular complexity index is 1330. The number of hydrogen-bond acceptors (Lipinski definition) is 5. The number of aromatic nitrogens is 4. The van der Waals surface area contributed by atoms with E-state index in [-0.39, 0.29) is 5.91 Å². The van der Waals surface area contributed by atoms with E-state index in [1.54, 1.807) is 28.0 Å². The molecule has 0 fully saturated rings. The Balaban J connectivity index is 1.40. The second-order valence-corrected chi connectivity index (χ2v) is 8.39. The third kappa shape index (κ3) is 3.62. The zero-order valence-electron chi connectivity index (χ0n) is 15.5. The Hall–Kier alpha value is -3.36. The predicted molar refractivity (Wildman–Crippen MR) is 122 cm³/mol. The number of thiophene rings is 1. The molecule has 0 aliphatic carbocycles. The first-order valence-corrected chi connectivity index (χ1v) is 10.8. The Morgan fingerprint density at radius 2 is 1.73 bits per heavy atom. The van der Waals surface area contributed by atoms with Crippen molar-refractivity contribution in [2.75, 3.05) is 5.32 Å². The van der Waals surface area contributed by atoms with E-state index in [9.17, 15) is 4.79 Å². The van der Waals surface area contributed by atoms with Gasteiger partial charge in [-0.15, -0.1) is 21.5 Å². The molecule has 0 saturated carbocycles. The van der Waals surface area contributed by atoms with E-state index >= 15 is 0 Å². The lowest BCUT2D eigenvalue weighted by Crippen LogP contribution is -2.11. The molecule has 0 aliphatic heterocycles. The van der Waals surface area contributed by atoms with Crippen molar-refractivity contribution in [3.05, 3.63) is 88.2 Å². The lowest BCUT2D eigenvalue weighted by Gasteiger charge is -2.07. The van der Waals surface area contributed by atoms with Gasteiger partial charge in [0.05, 0.1) is 10.6 Å². The standard InChI is InChI=1S/C22H14BrN5OS/c23-16-7-3-15(4-8-16)22(29)24-17-9-5-14(6-10-17)18-11-12-20-25-26-21(28(20)27-18)19-2-1-13-30-19/h1-13H,(H,24,29). The van der Waals surface area contributed by atoms with Crippen molar-refractivity contribution in [1.82, 2.24) is 19.8 Å². The summed E-state index contributed by atoms with van der Waals surface area (Å²) in [6.07, 6.45) is 0. The van der Waals surface area contributed by atoms with E-state index in [2.05, 4.69) is 31.4 Å². The monoisotopic (exact) mass is 475 g/mol. The summed E-state index contributed by atoms with van der Waals surface area (Å²) in [7, 11) is 0. The first kappa shape index (κ1) is 18.7. The molecule has 0 bridgehead atoms. The number of carbonyl (C=O) groups excluding carboxylic acids is 1. The van der Waals surface area contributed by atoms with E-state index in [0.717, 1.165) is 32.1 Å². The van der Waals surface area contributed by atoms with E-state index in [0.29, 0.717) is 11.2 Å². The fourth-order valence-corrected chi connectivity index (χ4v) is 3.99. The van der Waals surface area contributed by atoms with E-state index < -0.39 is 0 Å². The van der Waals surface area contributed by atoms with Crippen molar-refractivity contribution in [3.8, 4) is 22.0 Å². The molecule has 0 saturated heterocycles. The van der Waals surface area contributed by atoms with Gasteiger partial charge >= 0.3 is 0 Å². The molecule has 0 atom stereocenters. The SMILES string of the molecule is O=C(Nc1ccc(-c2ccc3nnc(-c4cccs4)n3n2)cc1)c1ccc(Br)cc1. The van der Waals surface area contributed by atoms with Crippen molar-refractivity contribution in [2.45, 2.75) is 0 Å². The second-order valence-electron chi connectivity index (χ2n) is 6.53. The van der Waals surface area contributed by atoms with E-state index in [1.807, 2.05) is 66.0 Å². The zero-order valence-corrected chi connectivity index (χ0v) is 17.9. The molecule has 0 unspecified atom stereocenters. The highest BCUT2D eigenvalue weighted by atomic mass is 79.9. The van der Waals surface area contributed by atoms with Gasteiger partial charge in [-0.2, -0.15) is 9.61 Å². The van der Waals surface area contributed by atoms with Gasteiger partial charge in [-0.25, -0.2) is 0 Å². The molecule has 0 radical (unpaired) electrons. The Morgan fingerprint density at radius 1 is 0.933 bits per heavy atom. The molecule has 0 spiro atoms. The predicted octanol–water partition coefficient (Wildman–Crippen LogP) is 5.53. The van der Waals surface area contributed by atoms with Crippen LogP contribution in [0.5, 0.6) is 0 Å². The molecule has 5 rings (SSSR count). The number of anilines is 1. The third-order valence-corrected chi connectivity index (χ3v) is 5.94. The van der Waals surface area contributed by atoms with Crippen molar-refractivity contribution in [1.29, 1.82) is 0 Å². The number of carbonyl (C=O) groups is 1.